The summed E-state index contributed by atoms with van der Waals surface area (Å²) in [5.41, 5.74) is 9.27. The van der Waals surface area contributed by atoms with E-state index in [9.17, 15) is 0 Å². The van der Waals surface area contributed by atoms with E-state index in [2.05, 4.69) is 96.8 Å². The van der Waals surface area contributed by atoms with Crippen LogP contribution in [0.15, 0.2) is 97.1 Å². The van der Waals surface area contributed by atoms with Crippen LogP contribution in [-0.2, 0) is 18.3 Å². The van der Waals surface area contributed by atoms with Gasteiger partial charge in [0, 0.05) is 16.5 Å². The quantitative estimate of drug-likeness (QED) is 0.351. The second-order valence-electron chi connectivity index (χ2n) is 8.22. The molecule has 0 saturated heterocycles. The van der Waals surface area contributed by atoms with Crippen LogP contribution in [0.5, 0.6) is 0 Å². The molecule has 0 aromatic heterocycles. The molecule has 0 spiro atoms. The van der Waals surface area contributed by atoms with Crippen LogP contribution in [0.4, 0.5) is 0 Å². The van der Waals surface area contributed by atoms with Gasteiger partial charge in [-0.15, -0.1) is 12.8 Å². The van der Waals surface area contributed by atoms with E-state index in [1.165, 1.54) is 33.4 Å². The Kier molecular flexibility index (Phi) is 4.71. The molecule has 0 heteroatoms. The van der Waals surface area contributed by atoms with Crippen molar-refractivity contribution >= 4 is 0 Å². The summed E-state index contributed by atoms with van der Waals surface area (Å²) in [5.74, 6) is 5.68. The van der Waals surface area contributed by atoms with E-state index in [4.69, 9.17) is 12.8 Å². The van der Waals surface area contributed by atoms with Crippen molar-refractivity contribution in [1.29, 1.82) is 0 Å². The predicted molar refractivity (Wildman–Crippen MR) is 129 cm³/mol. The summed E-state index contributed by atoms with van der Waals surface area (Å²) in [6.07, 6.45) is 13.4. The highest BCUT2D eigenvalue weighted by atomic mass is 14.5. The molecule has 0 bridgehead atoms. The first-order valence-electron chi connectivity index (χ1n) is 10.5. The highest BCUT2D eigenvalue weighted by Crippen LogP contribution is 2.52. The molecule has 5 rings (SSSR count). The summed E-state index contributed by atoms with van der Waals surface area (Å²) < 4.78 is 0. The fourth-order valence-corrected chi connectivity index (χ4v) is 5.01. The SMILES string of the molecule is C#Cc1ccc2c(c1)C(Cc1ccccc1)(Cc1ccccc1)c1cc(C#C)ccc1-2. The first-order valence-corrected chi connectivity index (χ1v) is 10.5. The minimum absolute atomic E-state index is 0.243. The molecule has 0 aliphatic heterocycles. The average molecular weight is 395 g/mol. The van der Waals surface area contributed by atoms with Crippen LogP contribution in [-0.4, -0.2) is 0 Å². The van der Waals surface area contributed by atoms with Gasteiger partial charge in [-0.2, -0.15) is 0 Å². The summed E-state index contributed by atoms with van der Waals surface area (Å²) in [7, 11) is 0. The van der Waals surface area contributed by atoms with Gasteiger partial charge in [-0.05, 0) is 70.5 Å². The number of benzene rings is 4. The molecule has 0 heterocycles. The lowest BCUT2D eigenvalue weighted by atomic mass is 9.69. The Labute approximate surface area is 184 Å². The van der Waals surface area contributed by atoms with Gasteiger partial charge in [0.25, 0.3) is 0 Å². The fourth-order valence-electron chi connectivity index (χ4n) is 5.01. The summed E-state index contributed by atoms with van der Waals surface area (Å²) in [6.45, 7) is 0. The lowest BCUT2D eigenvalue weighted by Crippen LogP contribution is -2.31. The number of fused-ring (bicyclic) bond motifs is 3. The van der Waals surface area contributed by atoms with Gasteiger partial charge < -0.3 is 0 Å². The molecule has 31 heavy (non-hydrogen) atoms. The van der Waals surface area contributed by atoms with Crippen LogP contribution >= 0.6 is 0 Å². The highest BCUT2D eigenvalue weighted by Gasteiger charge is 2.43. The molecule has 0 amide bonds. The zero-order valence-electron chi connectivity index (χ0n) is 17.3. The van der Waals surface area contributed by atoms with Crippen molar-refractivity contribution in [3.8, 4) is 35.8 Å². The molecule has 1 aliphatic carbocycles. The normalized spacial score (nSPS) is 13.0. The Morgan fingerprint density at radius 3 is 1.35 bits per heavy atom. The summed E-state index contributed by atoms with van der Waals surface area (Å²) in [4.78, 5) is 0. The van der Waals surface area contributed by atoms with Gasteiger partial charge in [0.2, 0.25) is 0 Å². The van der Waals surface area contributed by atoms with Crippen LogP contribution < -0.4 is 0 Å². The van der Waals surface area contributed by atoms with E-state index in [0.29, 0.717) is 0 Å². The lowest BCUT2D eigenvalue weighted by Gasteiger charge is -2.33. The van der Waals surface area contributed by atoms with Crippen LogP contribution in [0.3, 0.4) is 0 Å². The van der Waals surface area contributed by atoms with E-state index in [1.807, 2.05) is 12.1 Å². The fraction of sp³-hybridized carbons (Fsp3) is 0.0968. The van der Waals surface area contributed by atoms with Gasteiger partial charge in [-0.3, -0.25) is 0 Å². The number of hydrogen-bond acceptors (Lipinski definition) is 0. The molecular weight excluding hydrogens is 372 g/mol. The van der Waals surface area contributed by atoms with Gasteiger partial charge in [0.15, 0.2) is 0 Å². The third-order valence-electron chi connectivity index (χ3n) is 6.39. The largest absolute Gasteiger partial charge is 0.115 e. The molecular formula is C31H22. The minimum atomic E-state index is -0.243. The molecule has 0 atom stereocenters. The smallest absolute Gasteiger partial charge is 0.0296 e. The Bertz CT molecular complexity index is 1220. The lowest BCUT2D eigenvalue weighted by molar-refractivity contribution is 0.520. The van der Waals surface area contributed by atoms with Gasteiger partial charge >= 0.3 is 0 Å². The van der Waals surface area contributed by atoms with Crippen LogP contribution in [0.1, 0.15) is 33.4 Å². The Morgan fingerprint density at radius 2 is 0.968 bits per heavy atom. The maximum atomic E-state index is 5.81. The Hall–Kier alpha value is -4.00. The van der Waals surface area contributed by atoms with Crippen molar-refractivity contribution in [2.45, 2.75) is 18.3 Å². The van der Waals surface area contributed by atoms with E-state index < -0.39 is 0 Å². The van der Waals surface area contributed by atoms with Crippen molar-refractivity contribution in [2.75, 3.05) is 0 Å². The third-order valence-corrected chi connectivity index (χ3v) is 6.39. The average Bonchev–Trinajstić information content (AvgIpc) is 3.08. The van der Waals surface area contributed by atoms with Crippen molar-refractivity contribution < 1.29 is 0 Å². The molecule has 4 aromatic carbocycles. The summed E-state index contributed by atoms with van der Waals surface area (Å²) >= 11 is 0. The summed E-state index contributed by atoms with van der Waals surface area (Å²) in [5, 5.41) is 0. The van der Waals surface area contributed by atoms with Crippen molar-refractivity contribution in [1.82, 2.24) is 0 Å². The zero-order chi connectivity index (χ0) is 21.3. The van der Waals surface area contributed by atoms with Crippen molar-refractivity contribution in [3.05, 3.63) is 130 Å². The number of hydrogen-bond donors (Lipinski definition) is 0. The highest BCUT2D eigenvalue weighted by molar-refractivity contribution is 5.83. The molecule has 0 fully saturated rings. The van der Waals surface area contributed by atoms with E-state index >= 15 is 0 Å². The monoisotopic (exact) mass is 394 g/mol. The minimum Gasteiger partial charge on any atom is -0.115 e. The van der Waals surface area contributed by atoms with E-state index in [-0.39, 0.29) is 5.41 Å². The third kappa shape index (κ3) is 3.24. The number of rotatable bonds is 4. The van der Waals surface area contributed by atoms with E-state index in [1.54, 1.807) is 0 Å². The maximum absolute atomic E-state index is 5.81. The molecule has 4 aromatic rings. The van der Waals surface area contributed by atoms with Crippen molar-refractivity contribution in [2.24, 2.45) is 0 Å². The topological polar surface area (TPSA) is 0 Å². The maximum Gasteiger partial charge on any atom is 0.0296 e. The molecule has 0 radical (unpaired) electrons. The number of terminal acetylenes is 2. The first kappa shape index (κ1) is 19.0. The Balaban J connectivity index is 1.81. The van der Waals surface area contributed by atoms with Gasteiger partial charge in [0.05, 0.1) is 0 Å². The molecule has 0 N–H and O–H groups in total. The van der Waals surface area contributed by atoms with Gasteiger partial charge in [-0.25, -0.2) is 0 Å². The van der Waals surface area contributed by atoms with Crippen LogP contribution in [0.25, 0.3) is 11.1 Å². The standard InChI is InChI=1S/C31H22/c1-3-23-15-17-27-28-18-16-24(4-2)20-30(28)31(29(27)19-23,21-25-11-7-5-8-12-25)22-26-13-9-6-10-14-26/h1-2,5-20H,21-22H2. The van der Waals surface area contributed by atoms with Crippen molar-refractivity contribution in [3.63, 3.8) is 0 Å². The van der Waals surface area contributed by atoms with E-state index in [0.717, 1.165) is 24.0 Å². The van der Waals surface area contributed by atoms with Crippen LogP contribution in [0.2, 0.25) is 0 Å². The van der Waals surface area contributed by atoms with Gasteiger partial charge in [0.1, 0.15) is 0 Å². The summed E-state index contributed by atoms with van der Waals surface area (Å²) in [6, 6.07) is 34.3. The zero-order valence-corrected chi connectivity index (χ0v) is 17.3. The second-order valence-corrected chi connectivity index (χ2v) is 8.22. The molecule has 0 nitrogen and oxygen atoms in total. The second kappa shape index (κ2) is 7.68. The molecule has 146 valence electrons. The predicted octanol–water partition coefficient (Wildman–Crippen LogP) is 6.40. The first-order chi connectivity index (χ1) is 15.2. The molecule has 1 aliphatic rings. The van der Waals surface area contributed by atoms with Crippen LogP contribution in [0, 0.1) is 24.7 Å². The molecule has 0 saturated carbocycles. The molecule has 0 unspecified atom stereocenters. The van der Waals surface area contributed by atoms with Gasteiger partial charge in [-0.1, -0.05) is 84.6 Å². The Morgan fingerprint density at radius 1 is 0.548 bits per heavy atom.